The molecule has 0 nitrogen and oxygen atoms in total. The number of halogens is 2. The fraction of sp³-hybridized carbons (Fsp3) is 1.00. The molecule has 18 heavy (non-hydrogen) atoms. The summed E-state index contributed by atoms with van der Waals surface area (Å²) in [6, 6.07) is 0. The molecule has 116 valence electrons. The quantitative estimate of drug-likeness (QED) is 0.323. The maximum atomic E-state index is 4.81. The van der Waals surface area contributed by atoms with Crippen LogP contribution in [0.15, 0.2) is 0 Å². The van der Waals surface area contributed by atoms with Crippen molar-refractivity contribution in [3.8, 4) is 0 Å². The third kappa shape index (κ3) is 8.47. The first-order valence-electron chi connectivity index (χ1n) is 6.26. The Hall–Kier alpha value is 2.19. The van der Waals surface area contributed by atoms with Crippen molar-refractivity contribution < 1.29 is 33.0 Å². The molecule has 0 heterocycles. The average molecular weight is 448 g/mol. The molecule has 1 aliphatic rings. The molecule has 0 aromatic carbocycles. The minimum absolute atomic E-state index is 0. The van der Waals surface area contributed by atoms with Crippen molar-refractivity contribution in [1.29, 1.82) is 0 Å². The van der Waals surface area contributed by atoms with Crippen LogP contribution < -0.4 is 0 Å². The van der Waals surface area contributed by atoms with Gasteiger partial charge in [0.2, 0.25) is 0 Å². The van der Waals surface area contributed by atoms with Crippen LogP contribution in [0.25, 0.3) is 0 Å². The first-order valence-corrected chi connectivity index (χ1v) is 11.7. The Labute approximate surface area is 142 Å². The van der Waals surface area contributed by atoms with Crippen LogP contribution >= 0.6 is 27.0 Å². The van der Waals surface area contributed by atoms with Crippen LogP contribution in [0.3, 0.4) is 0 Å². The molecule has 5 heteroatoms. The second-order valence-electron chi connectivity index (χ2n) is 6.70. The predicted molar refractivity (Wildman–Crippen MR) is 80.4 cm³/mol. The molecule has 0 unspecified atom stereocenters. The first kappa shape index (κ1) is 22.5. The van der Waals surface area contributed by atoms with Gasteiger partial charge >= 0.3 is 35.0 Å². The standard InChI is InChI=1S/C13H27P.2ClH.Fe.Pd/c1-12(2,3)14(13(4,5)6)11-9-7-8-10-11;;;;/h11H,7-10H2,1-6H3;2*1H;;/q;;;;+2/p-2. The zero-order valence-corrected chi connectivity index (χ0v) is 17.3. The molecular formula is C13H27Cl2FePPd. The normalized spacial score (nSPS) is 17.4. The molecule has 1 saturated carbocycles. The van der Waals surface area contributed by atoms with Crippen molar-refractivity contribution in [2.75, 3.05) is 0 Å². The van der Waals surface area contributed by atoms with Crippen molar-refractivity contribution in [3.63, 3.8) is 0 Å². The van der Waals surface area contributed by atoms with E-state index < -0.39 is 0 Å². The minimum Gasteiger partial charge on any atom is 0 e. The Bertz CT molecular complexity index is 194. The van der Waals surface area contributed by atoms with E-state index in [0.717, 1.165) is 5.66 Å². The van der Waals surface area contributed by atoms with Crippen LogP contribution in [-0.2, 0) is 33.0 Å². The minimum atomic E-state index is -0.106. The van der Waals surface area contributed by atoms with E-state index in [9.17, 15) is 0 Å². The van der Waals surface area contributed by atoms with E-state index in [-0.39, 0.29) is 40.9 Å². The van der Waals surface area contributed by atoms with Gasteiger partial charge in [0.05, 0.1) is 0 Å². The van der Waals surface area contributed by atoms with Crippen LogP contribution in [0.2, 0.25) is 0 Å². The SMILES string of the molecule is CC(C)(C)P(C1CCCC1)C(C)(C)C.[Cl][Pd][Cl].[Fe]. The number of hydrogen-bond donors (Lipinski definition) is 0. The van der Waals surface area contributed by atoms with E-state index in [2.05, 4.69) is 41.5 Å². The molecule has 0 aliphatic heterocycles. The summed E-state index contributed by atoms with van der Waals surface area (Å²) >= 11 is -0.106. The summed E-state index contributed by atoms with van der Waals surface area (Å²) < 4.78 is 0. The maximum Gasteiger partial charge on any atom is 0 e. The molecular weight excluding hydrogens is 420 g/mol. The third-order valence-corrected chi connectivity index (χ3v) is 7.27. The Kier molecular flexibility index (Phi) is 12.5. The van der Waals surface area contributed by atoms with Crippen molar-refractivity contribution in [3.05, 3.63) is 0 Å². The van der Waals surface area contributed by atoms with Crippen LogP contribution in [0.1, 0.15) is 67.2 Å². The molecule has 1 rings (SSSR count). The summed E-state index contributed by atoms with van der Waals surface area (Å²) in [5.74, 6) is 0. The molecule has 0 radical (unpaired) electrons. The summed E-state index contributed by atoms with van der Waals surface area (Å²) in [6.45, 7) is 14.7. The van der Waals surface area contributed by atoms with Crippen LogP contribution in [0.4, 0.5) is 0 Å². The molecule has 0 spiro atoms. The van der Waals surface area contributed by atoms with Crippen molar-refractivity contribution in [2.45, 2.75) is 83.2 Å². The van der Waals surface area contributed by atoms with Gasteiger partial charge in [0, 0.05) is 17.1 Å². The Morgan fingerprint density at radius 3 is 1.39 bits per heavy atom. The largest absolute Gasteiger partial charge is 0 e. The third-order valence-electron chi connectivity index (χ3n) is 3.14. The number of rotatable bonds is 1. The topological polar surface area (TPSA) is 0 Å². The van der Waals surface area contributed by atoms with E-state index >= 15 is 0 Å². The molecule has 0 amide bonds. The molecule has 0 bridgehead atoms. The monoisotopic (exact) mass is 446 g/mol. The Morgan fingerprint density at radius 1 is 0.889 bits per heavy atom. The molecule has 1 aliphatic carbocycles. The van der Waals surface area contributed by atoms with E-state index in [4.69, 9.17) is 19.1 Å². The molecule has 0 atom stereocenters. The average Bonchev–Trinajstić information content (AvgIpc) is 2.52. The fourth-order valence-electron chi connectivity index (χ4n) is 3.26. The van der Waals surface area contributed by atoms with Gasteiger partial charge in [-0.05, 0) is 28.8 Å². The molecule has 1 fully saturated rings. The van der Waals surface area contributed by atoms with Gasteiger partial charge in [0.25, 0.3) is 0 Å². The summed E-state index contributed by atoms with van der Waals surface area (Å²) in [4.78, 5) is 0. The zero-order chi connectivity index (χ0) is 13.7. The maximum absolute atomic E-state index is 4.81. The van der Waals surface area contributed by atoms with Gasteiger partial charge in [-0.2, -0.15) is 0 Å². The Balaban J connectivity index is 0. The van der Waals surface area contributed by atoms with Gasteiger partial charge in [0.1, 0.15) is 0 Å². The van der Waals surface area contributed by atoms with Gasteiger partial charge in [-0.1, -0.05) is 62.3 Å². The molecule has 0 saturated heterocycles. The van der Waals surface area contributed by atoms with E-state index in [1.54, 1.807) is 0 Å². The Morgan fingerprint density at radius 2 is 1.17 bits per heavy atom. The van der Waals surface area contributed by atoms with Crippen LogP contribution in [0, 0.1) is 0 Å². The second kappa shape index (κ2) is 10.0. The van der Waals surface area contributed by atoms with Gasteiger partial charge in [-0.15, -0.1) is 0 Å². The van der Waals surface area contributed by atoms with Crippen LogP contribution in [0.5, 0.6) is 0 Å². The van der Waals surface area contributed by atoms with E-state index in [1.165, 1.54) is 25.7 Å². The van der Waals surface area contributed by atoms with Gasteiger partial charge in [-0.3, -0.25) is 0 Å². The van der Waals surface area contributed by atoms with E-state index in [0.29, 0.717) is 10.3 Å². The summed E-state index contributed by atoms with van der Waals surface area (Å²) in [5.41, 5.74) is 1.05. The molecule has 0 aromatic heterocycles. The predicted octanol–water partition coefficient (Wildman–Crippen LogP) is 6.38. The second-order valence-corrected chi connectivity index (χ2v) is 13.2. The number of hydrogen-bond acceptors (Lipinski definition) is 0. The first-order chi connectivity index (χ1) is 7.64. The van der Waals surface area contributed by atoms with Crippen molar-refractivity contribution in [2.24, 2.45) is 0 Å². The smallest absolute Gasteiger partial charge is 0 e. The summed E-state index contributed by atoms with van der Waals surface area (Å²) in [6.07, 6.45) is 5.96. The summed E-state index contributed by atoms with van der Waals surface area (Å²) in [5, 5.41) is 1.06. The van der Waals surface area contributed by atoms with Gasteiger partial charge in [-0.25, -0.2) is 0 Å². The zero-order valence-electron chi connectivity index (χ0n) is 12.3. The molecule has 0 N–H and O–H groups in total. The fourth-order valence-corrected chi connectivity index (χ4v) is 8.35. The van der Waals surface area contributed by atoms with Gasteiger partial charge in [0.15, 0.2) is 0 Å². The van der Waals surface area contributed by atoms with Gasteiger partial charge < -0.3 is 0 Å². The van der Waals surface area contributed by atoms with Crippen LogP contribution in [-0.4, -0.2) is 16.0 Å². The molecule has 0 aromatic rings. The van der Waals surface area contributed by atoms with E-state index in [1.807, 2.05) is 0 Å². The van der Waals surface area contributed by atoms with Crippen molar-refractivity contribution >= 4 is 27.0 Å². The van der Waals surface area contributed by atoms with Crippen molar-refractivity contribution in [1.82, 2.24) is 0 Å². The summed E-state index contributed by atoms with van der Waals surface area (Å²) in [7, 11) is 9.78.